The van der Waals surface area contributed by atoms with E-state index in [1.54, 1.807) is 6.92 Å². The molecule has 2 saturated carbocycles. The normalized spacial score (nSPS) is 42.4. The third-order valence-electron chi connectivity index (χ3n) is 7.95. The van der Waals surface area contributed by atoms with Crippen LogP contribution in [0.4, 0.5) is 0 Å². The molecular weight excluding hydrogens is 380 g/mol. The van der Waals surface area contributed by atoms with Gasteiger partial charge in [0.05, 0.1) is 12.0 Å². The fourth-order valence-electron chi connectivity index (χ4n) is 5.83. The van der Waals surface area contributed by atoms with Gasteiger partial charge >= 0.3 is 5.97 Å². The van der Waals surface area contributed by atoms with Gasteiger partial charge in [0.2, 0.25) is 0 Å². The van der Waals surface area contributed by atoms with Crippen LogP contribution in [0.1, 0.15) is 73.1 Å². The van der Waals surface area contributed by atoms with Crippen molar-refractivity contribution in [1.82, 2.24) is 0 Å². The van der Waals surface area contributed by atoms with E-state index in [2.05, 4.69) is 20.4 Å². The number of esters is 1. The van der Waals surface area contributed by atoms with Gasteiger partial charge < -0.3 is 14.9 Å². The first-order chi connectivity index (χ1) is 13.9. The molecule has 7 atom stereocenters. The maximum atomic E-state index is 13.5. The number of rotatable bonds is 4. The van der Waals surface area contributed by atoms with Crippen LogP contribution < -0.4 is 0 Å². The van der Waals surface area contributed by atoms with Gasteiger partial charge in [-0.3, -0.25) is 9.59 Å². The average Bonchev–Trinajstić information content (AvgIpc) is 3.10. The number of ketones is 1. The van der Waals surface area contributed by atoms with Crippen LogP contribution in [-0.2, 0) is 14.3 Å². The second-order valence-corrected chi connectivity index (χ2v) is 10.5. The fourth-order valence-corrected chi connectivity index (χ4v) is 5.83. The lowest BCUT2D eigenvalue weighted by Crippen LogP contribution is -2.52. The molecule has 2 fully saturated rings. The highest BCUT2D eigenvalue weighted by Crippen LogP contribution is 2.62. The minimum atomic E-state index is -1.77. The van der Waals surface area contributed by atoms with Crippen LogP contribution in [0.3, 0.4) is 0 Å². The Labute approximate surface area is 180 Å². The van der Waals surface area contributed by atoms with Gasteiger partial charge in [-0.15, -0.1) is 0 Å². The van der Waals surface area contributed by atoms with Crippen molar-refractivity contribution in [3.05, 3.63) is 23.8 Å². The van der Waals surface area contributed by atoms with E-state index in [0.29, 0.717) is 29.9 Å². The molecule has 5 nitrogen and oxygen atoms in total. The lowest BCUT2D eigenvalue weighted by Gasteiger charge is -2.36. The van der Waals surface area contributed by atoms with E-state index in [-0.39, 0.29) is 41.8 Å². The Morgan fingerprint density at radius 1 is 1.37 bits per heavy atom. The Morgan fingerprint density at radius 3 is 2.67 bits per heavy atom. The van der Waals surface area contributed by atoms with Crippen LogP contribution in [0.25, 0.3) is 0 Å². The third kappa shape index (κ3) is 3.91. The fraction of sp³-hybridized carbons (Fsp3) is 0.760. The van der Waals surface area contributed by atoms with E-state index in [0.717, 1.165) is 12.8 Å². The Hall–Kier alpha value is -1.46. The van der Waals surface area contributed by atoms with Crippen LogP contribution in [0, 0.1) is 29.1 Å². The third-order valence-corrected chi connectivity index (χ3v) is 7.95. The molecule has 3 aliphatic rings. The highest BCUT2D eigenvalue weighted by Gasteiger charge is 2.61. The van der Waals surface area contributed by atoms with Gasteiger partial charge in [0.1, 0.15) is 11.7 Å². The summed E-state index contributed by atoms with van der Waals surface area (Å²) in [5.74, 6) is -1.20. The molecule has 3 rings (SSSR count). The minimum Gasteiger partial charge on any atom is -0.457 e. The summed E-state index contributed by atoms with van der Waals surface area (Å²) in [6.07, 6.45) is 3.73. The summed E-state index contributed by atoms with van der Waals surface area (Å²) in [5.41, 5.74) is -0.450. The summed E-state index contributed by atoms with van der Waals surface area (Å²) in [7, 11) is 0. The van der Waals surface area contributed by atoms with Crippen molar-refractivity contribution in [2.75, 3.05) is 0 Å². The summed E-state index contributed by atoms with van der Waals surface area (Å²) < 4.78 is 5.83. The first-order valence-electron chi connectivity index (χ1n) is 11.5. The SMILES string of the molecule is C=C1CC[C@H]2[C@@H](/C=C(\C)C(=O)[C@@]3(O)C[C@H](C)[C@H](O)[C@@H]3[C@H]1OC(=O)CCCC)C2(C)C. The van der Waals surface area contributed by atoms with Gasteiger partial charge in [-0.25, -0.2) is 0 Å². The molecular formula is C25H38O5. The molecule has 5 heteroatoms. The summed E-state index contributed by atoms with van der Waals surface area (Å²) in [6, 6.07) is 0. The van der Waals surface area contributed by atoms with Crippen molar-refractivity contribution < 1.29 is 24.5 Å². The monoisotopic (exact) mass is 418 g/mol. The van der Waals surface area contributed by atoms with Crippen LogP contribution in [0.15, 0.2) is 23.8 Å². The molecule has 0 saturated heterocycles. The number of Topliss-reactive ketones (excluding diaryl/α,β-unsaturated/α-hetero) is 1. The Bertz CT molecular complexity index is 751. The summed E-state index contributed by atoms with van der Waals surface area (Å²) in [5, 5.41) is 22.6. The first-order valence-corrected chi connectivity index (χ1v) is 11.5. The molecule has 168 valence electrons. The molecule has 0 heterocycles. The van der Waals surface area contributed by atoms with Crippen molar-refractivity contribution in [3.63, 3.8) is 0 Å². The Kier molecular flexibility index (Phi) is 6.37. The number of ether oxygens (including phenoxy) is 1. The van der Waals surface area contributed by atoms with Crippen molar-refractivity contribution in [2.45, 2.75) is 91.0 Å². The van der Waals surface area contributed by atoms with E-state index in [1.807, 2.05) is 19.9 Å². The van der Waals surface area contributed by atoms with Gasteiger partial charge in [-0.05, 0) is 66.9 Å². The number of aliphatic hydroxyl groups excluding tert-OH is 1. The number of hydrogen-bond acceptors (Lipinski definition) is 5. The van der Waals surface area contributed by atoms with Gasteiger partial charge in [0.25, 0.3) is 0 Å². The van der Waals surface area contributed by atoms with Gasteiger partial charge in [-0.2, -0.15) is 0 Å². The van der Waals surface area contributed by atoms with Crippen molar-refractivity contribution in [2.24, 2.45) is 29.1 Å². The molecule has 30 heavy (non-hydrogen) atoms. The van der Waals surface area contributed by atoms with E-state index in [1.165, 1.54) is 0 Å². The minimum absolute atomic E-state index is 0.0960. The van der Waals surface area contributed by atoms with Crippen LogP contribution >= 0.6 is 0 Å². The van der Waals surface area contributed by atoms with E-state index in [9.17, 15) is 19.8 Å². The maximum Gasteiger partial charge on any atom is 0.306 e. The van der Waals surface area contributed by atoms with Gasteiger partial charge in [0.15, 0.2) is 5.78 Å². The smallest absolute Gasteiger partial charge is 0.306 e. The first kappa shape index (κ1) is 23.2. The predicted octanol–water partition coefficient (Wildman–Crippen LogP) is 3.97. The zero-order valence-electron chi connectivity index (χ0n) is 19.1. The highest BCUT2D eigenvalue weighted by atomic mass is 16.5. The molecule has 0 amide bonds. The van der Waals surface area contributed by atoms with E-state index >= 15 is 0 Å². The van der Waals surface area contributed by atoms with E-state index in [4.69, 9.17) is 4.74 Å². The lowest BCUT2D eigenvalue weighted by molar-refractivity contribution is -0.163. The number of allylic oxidation sites excluding steroid dienone is 1. The number of carbonyl (C=O) groups is 2. The molecule has 0 aliphatic heterocycles. The van der Waals surface area contributed by atoms with Gasteiger partial charge in [-0.1, -0.05) is 46.8 Å². The van der Waals surface area contributed by atoms with Crippen LogP contribution in [-0.4, -0.2) is 39.8 Å². The van der Waals surface area contributed by atoms with E-state index < -0.39 is 23.7 Å². The average molecular weight is 419 g/mol. The van der Waals surface area contributed by atoms with Crippen LogP contribution in [0.2, 0.25) is 0 Å². The zero-order chi connectivity index (χ0) is 22.4. The molecule has 0 radical (unpaired) electrons. The molecule has 2 N–H and O–H groups in total. The summed E-state index contributed by atoms with van der Waals surface area (Å²) >= 11 is 0. The number of aliphatic hydroxyl groups is 2. The molecule has 0 spiro atoms. The topological polar surface area (TPSA) is 83.8 Å². The molecule has 0 aromatic rings. The summed E-state index contributed by atoms with van der Waals surface area (Å²) in [4.78, 5) is 26.0. The lowest BCUT2D eigenvalue weighted by atomic mass is 9.77. The standard InChI is InChI=1S/C25H38O5/c1-7-8-9-19(26)30-22-14(2)10-11-17-18(24(17,5)6)12-15(3)23(28)25(29)13-16(4)21(27)20(22)25/h12,16-18,20-22,27,29H,2,7-11,13H2,1,3-6H3/b15-12+/t16-,17-,18+,20+,21-,22-,25+/m0/s1. The number of fused-ring (bicyclic) bond motifs is 2. The zero-order valence-corrected chi connectivity index (χ0v) is 19.1. The molecule has 0 aromatic carbocycles. The Balaban J connectivity index is 2.01. The number of unbranched alkanes of at least 4 members (excludes halogenated alkanes) is 1. The predicted molar refractivity (Wildman–Crippen MR) is 116 cm³/mol. The largest absolute Gasteiger partial charge is 0.457 e. The number of carbonyl (C=O) groups excluding carboxylic acids is 2. The quantitative estimate of drug-likeness (QED) is 0.533. The van der Waals surface area contributed by atoms with Crippen molar-refractivity contribution in [3.8, 4) is 0 Å². The van der Waals surface area contributed by atoms with Crippen molar-refractivity contribution >= 4 is 11.8 Å². The maximum absolute atomic E-state index is 13.5. The second-order valence-electron chi connectivity index (χ2n) is 10.5. The molecule has 3 aliphatic carbocycles. The Morgan fingerprint density at radius 2 is 2.03 bits per heavy atom. The molecule has 0 aromatic heterocycles. The molecule has 0 bridgehead atoms. The second kappa shape index (κ2) is 8.23. The van der Waals surface area contributed by atoms with Gasteiger partial charge in [0, 0.05) is 6.42 Å². The highest BCUT2D eigenvalue weighted by molar-refractivity contribution is 6.02. The van der Waals surface area contributed by atoms with Crippen molar-refractivity contribution in [1.29, 1.82) is 0 Å². The van der Waals surface area contributed by atoms with Crippen LogP contribution in [0.5, 0.6) is 0 Å². The molecule has 0 unspecified atom stereocenters. The number of hydrogen-bond donors (Lipinski definition) is 2. The summed E-state index contributed by atoms with van der Waals surface area (Å²) in [6.45, 7) is 14.2.